The van der Waals surface area contributed by atoms with Crippen LogP contribution in [-0.2, 0) is 12.6 Å². The lowest BCUT2D eigenvalue weighted by atomic mass is 10.0. The summed E-state index contributed by atoms with van der Waals surface area (Å²) in [6, 6.07) is 5.28. The molecule has 2 nitrogen and oxygen atoms in total. The second kappa shape index (κ2) is 5.31. The summed E-state index contributed by atoms with van der Waals surface area (Å²) >= 11 is 0. The molecule has 0 saturated heterocycles. The van der Waals surface area contributed by atoms with Gasteiger partial charge in [0.05, 0.1) is 5.52 Å². The van der Waals surface area contributed by atoms with Crippen LogP contribution in [-0.4, -0.2) is 4.98 Å². The van der Waals surface area contributed by atoms with Gasteiger partial charge in [-0.2, -0.15) is 13.2 Å². The smallest absolute Gasteiger partial charge is 0.398 e. The number of nitrogen functional groups attached to an aromatic ring is 1. The lowest BCUT2D eigenvalue weighted by Crippen LogP contribution is -2.12. The number of halogens is 3. The van der Waals surface area contributed by atoms with Crippen LogP contribution in [0, 0.1) is 6.92 Å². The lowest BCUT2D eigenvalue weighted by molar-refractivity contribution is -0.141. The molecule has 0 aliphatic carbocycles. The van der Waals surface area contributed by atoms with E-state index in [4.69, 9.17) is 5.73 Å². The van der Waals surface area contributed by atoms with Crippen molar-refractivity contribution < 1.29 is 13.2 Å². The number of unbranched alkanes of at least 4 members (excludes halogenated alkanes) is 1. The summed E-state index contributed by atoms with van der Waals surface area (Å²) in [4.78, 5) is 3.72. The minimum atomic E-state index is -4.48. The molecule has 0 fully saturated rings. The van der Waals surface area contributed by atoms with Crippen molar-refractivity contribution in [2.24, 2.45) is 0 Å². The van der Waals surface area contributed by atoms with Gasteiger partial charge in [0.2, 0.25) is 0 Å². The third-order valence-electron chi connectivity index (χ3n) is 3.43. The molecule has 0 saturated carbocycles. The van der Waals surface area contributed by atoms with E-state index in [0.29, 0.717) is 10.9 Å². The van der Waals surface area contributed by atoms with Crippen LogP contribution in [0.5, 0.6) is 0 Å². The fraction of sp³-hybridized carbons (Fsp3) is 0.400. The fourth-order valence-corrected chi connectivity index (χ4v) is 2.24. The molecular formula is C15H17F3N2. The summed E-state index contributed by atoms with van der Waals surface area (Å²) in [5.74, 6) is 0. The predicted octanol–water partition coefficient (Wildman–Crippen LogP) is 4.49. The molecule has 0 spiro atoms. The number of fused-ring (bicyclic) bond motifs is 1. The third-order valence-corrected chi connectivity index (χ3v) is 3.43. The first-order chi connectivity index (χ1) is 9.34. The van der Waals surface area contributed by atoms with E-state index in [1.54, 1.807) is 6.07 Å². The minimum absolute atomic E-state index is 0.00218. The highest BCUT2D eigenvalue weighted by Gasteiger charge is 2.35. The number of benzene rings is 1. The zero-order valence-electron chi connectivity index (χ0n) is 11.5. The van der Waals surface area contributed by atoms with E-state index < -0.39 is 11.9 Å². The molecule has 108 valence electrons. The Morgan fingerprint density at radius 1 is 1.25 bits per heavy atom. The van der Waals surface area contributed by atoms with Gasteiger partial charge in [-0.15, -0.1) is 0 Å². The normalized spacial score (nSPS) is 12.1. The van der Waals surface area contributed by atoms with Gasteiger partial charge in [0.25, 0.3) is 0 Å². The summed E-state index contributed by atoms with van der Waals surface area (Å²) < 4.78 is 38.7. The van der Waals surface area contributed by atoms with Crippen molar-refractivity contribution in [2.45, 2.75) is 39.3 Å². The van der Waals surface area contributed by atoms with Crippen LogP contribution in [0.25, 0.3) is 10.9 Å². The largest absolute Gasteiger partial charge is 0.433 e. The van der Waals surface area contributed by atoms with Gasteiger partial charge in [0.1, 0.15) is 5.69 Å². The van der Waals surface area contributed by atoms with Gasteiger partial charge >= 0.3 is 6.18 Å². The van der Waals surface area contributed by atoms with E-state index in [9.17, 15) is 13.2 Å². The number of pyridine rings is 1. The van der Waals surface area contributed by atoms with E-state index >= 15 is 0 Å². The molecule has 1 heterocycles. The molecule has 0 unspecified atom stereocenters. The quantitative estimate of drug-likeness (QED) is 0.901. The van der Waals surface area contributed by atoms with Gasteiger partial charge in [-0.3, -0.25) is 0 Å². The number of hydrogen-bond donors (Lipinski definition) is 1. The Labute approximate surface area is 115 Å². The standard InChI is InChI=1S/C15H17F3N2/c1-3-4-5-10-6-7-12-11(8-10)13(19)9(2)14(20-12)15(16,17)18/h6-8H,3-5H2,1-2H3,(H2,19,20). The van der Waals surface area contributed by atoms with Crippen LogP contribution in [0.15, 0.2) is 18.2 Å². The summed E-state index contributed by atoms with van der Waals surface area (Å²) in [5, 5.41) is 0.601. The van der Waals surface area contributed by atoms with E-state index in [1.807, 2.05) is 12.1 Å². The second-order valence-electron chi connectivity index (χ2n) is 4.95. The van der Waals surface area contributed by atoms with Crippen LogP contribution in [0.2, 0.25) is 0 Å². The van der Waals surface area contributed by atoms with Crippen molar-refractivity contribution in [1.29, 1.82) is 0 Å². The zero-order valence-corrected chi connectivity index (χ0v) is 11.5. The Hall–Kier alpha value is -1.78. The van der Waals surface area contributed by atoms with Crippen molar-refractivity contribution in [3.05, 3.63) is 35.0 Å². The molecule has 0 aliphatic rings. The van der Waals surface area contributed by atoms with Gasteiger partial charge in [-0.25, -0.2) is 4.98 Å². The first-order valence-electron chi connectivity index (χ1n) is 6.60. The van der Waals surface area contributed by atoms with E-state index in [1.165, 1.54) is 6.92 Å². The number of aromatic nitrogens is 1. The number of alkyl halides is 3. The van der Waals surface area contributed by atoms with Crippen LogP contribution in [0.4, 0.5) is 18.9 Å². The van der Waals surface area contributed by atoms with E-state index in [-0.39, 0.29) is 11.3 Å². The number of aryl methyl sites for hydroxylation is 1. The van der Waals surface area contributed by atoms with Crippen molar-refractivity contribution in [2.75, 3.05) is 5.73 Å². The molecule has 2 N–H and O–H groups in total. The monoisotopic (exact) mass is 282 g/mol. The van der Waals surface area contributed by atoms with Crippen LogP contribution >= 0.6 is 0 Å². The van der Waals surface area contributed by atoms with Crippen molar-refractivity contribution in [3.63, 3.8) is 0 Å². The SMILES string of the molecule is CCCCc1ccc2nc(C(F)(F)F)c(C)c(N)c2c1. The summed E-state index contributed by atoms with van der Waals surface area (Å²) in [6.45, 7) is 3.46. The number of anilines is 1. The highest BCUT2D eigenvalue weighted by Crippen LogP contribution is 2.35. The average molecular weight is 282 g/mol. The van der Waals surface area contributed by atoms with Crippen LogP contribution in [0.1, 0.15) is 36.6 Å². The van der Waals surface area contributed by atoms with Gasteiger partial charge in [-0.1, -0.05) is 19.4 Å². The van der Waals surface area contributed by atoms with Gasteiger partial charge in [0.15, 0.2) is 0 Å². The molecule has 0 atom stereocenters. The Morgan fingerprint density at radius 3 is 2.55 bits per heavy atom. The summed E-state index contributed by atoms with van der Waals surface area (Å²) in [7, 11) is 0. The zero-order chi connectivity index (χ0) is 14.9. The molecular weight excluding hydrogens is 265 g/mol. The molecule has 20 heavy (non-hydrogen) atoms. The maximum atomic E-state index is 12.9. The number of rotatable bonds is 3. The summed E-state index contributed by atoms with van der Waals surface area (Å²) in [5.41, 5.74) is 6.51. The first-order valence-corrected chi connectivity index (χ1v) is 6.60. The molecule has 0 amide bonds. The Bertz CT molecular complexity index is 633. The molecule has 0 bridgehead atoms. The number of hydrogen-bond acceptors (Lipinski definition) is 2. The van der Waals surface area contributed by atoms with Gasteiger partial charge < -0.3 is 5.73 Å². The molecule has 0 radical (unpaired) electrons. The Kier molecular flexibility index (Phi) is 3.88. The number of nitrogens with two attached hydrogens (primary N) is 1. The fourth-order valence-electron chi connectivity index (χ4n) is 2.24. The minimum Gasteiger partial charge on any atom is -0.398 e. The van der Waals surface area contributed by atoms with Crippen molar-refractivity contribution in [1.82, 2.24) is 4.98 Å². The van der Waals surface area contributed by atoms with Crippen LogP contribution < -0.4 is 5.73 Å². The molecule has 2 aromatic rings. The highest BCUT2D eigenvalue weighted by atomic mass is 19.4. The van der Waals surface area contributed by atoms with Crippen LogP contribution in [0.3, 0.4) is 0 Å². The van der Waals surface area contributed by atoms with Gasteiger partial charge in [-0.05, 0) is 37.5 Å². The summed E-state index contributed by atoms with van der Waals surface area (Å²) in [6.07, 6.45) is -1.48. The maximum Gasteiger partial charge on any atom is 0.433 e. The lowest BCUT2D eigenvalue weighted by Gasteiger charge is -2.14. The third kappa shape index (κ3) is 2.71. The Balaban J connectivity index is 2.58. The Morgan fingerprint density at radius 2 is 1.95 bits per heavy atom. The second-order valence-corrected chi connectivity index (χ2v) is 4.95. The number of nitrogens with zero attached hydrogens (tertiary/aromatic N) is 1. The van der Waals surface area contributed by atoms with E-state index in [0.717, 1.165) is 24.8 Å². The maximum absolute atomic E-state index is 12.9. The molecule has 1 aromatic heterocycles. The average Bonchev–Trinajstić information content (AvgIpc) is 2.39. The van der Waals surface area contributed by atoms with Crippen molar-refractivity contribution >= 4 is 16.6 Å². The predicted molar refractivity (Wildman–Crippen MR) is 74.5 cm³/mol. The highest BCUT2D eigenvalue weighted by molar-refractivity contribution is 5.92. The first kappa shape index (κ1) is 14.6. The van der Waals surface area contributed by atoms with Gasteiger partial charge in [0, 0.05) is 16.6 Å². The van der Waals surface area contributed by atoms with Crippen molar-refractivity contribution in [3.8, 4) is 0 Å². The van der Waals surface area contributed by atoms with E-state index in [2.05, 4.69) is 11.9 Å². The molecule has 5 heteroatoms. The molecule has 0 aliphatic heterocycles. The molecule has 1 aromatic carbocycles. The topological polar surface area (TPSA) is 38.9 Å². The molecule has 2 rings (SSSR count).